The molecular weight excluding hydrogens is 221 g/mol. The van der Waals surface area contributed by atoms with Gasteiger partial charge in [-0.15, -0.1) is 0 Å². The van der Waals surface area contributed by atoms with Crippen LogP contribution in [0.15, 0.2) is 30.6 Å². The maximum atomic E-state index is 13.2. The highest BCUT2D eigenvalue weighted by molar-refractivity contribution is 5.89. The van der Waals surface area contributed by atoms with Crippen molar-refractivity contribution in [3.05, 3.63) is 36.4 Å². The van der Waals surface area contributed by atoms with Gasteiger partial charge in [-0.25, -0.2) is 9.18 Å². The molecule has 0 radical (unpaired) electrons. The fourth-order valence-corrected chi connectivity index (χ4v) is 1.74. The van der Waals surface area contributed by atoms with Gasteiger partial charge in [0.05, 0.1) is 11.9 Å². The zero-order valence-corrected chi connectivity index (χ0v) is 9.32. The normalized spacial score (nSPS) is 18.8. The van der Waals surface area contributed by atoms with Crippen LogP contribution in [0.5, 0.6) is 0 Å². The average molecular weight is 235 g/mol. The van der Waals surface area contributed by atoms with Gasteiger partial charge >= 0.3 is 6.03 Å². The highest BCUT2D eigenvalue weighted by Crippen LogP contribution is 2.12. The van der Waals surface area contributed by atoms with E-state index in [1.807, 2.05) is 12.2 Å². The van der Waals surface area contributed by atoms with Gasteiger partial charge in [0.2, 0.25) is 0 Å². The summed E-state index contributed by atoms with van der Waals surface area (Å²) in [6.07, 6.45) is 9.54. The number of rotatable bonds is 2. The molecule has 2 rings (SSSR count). The molecule has 0 aromatic carbocycles. The molecule has 0 saturated heterocycles. The van der Waals surface area contributed by atoms with Crippen molar-refractivity contribution in [2.75, 3.05) is 5.32 Å². The van der Waals surface area contributed by atoms with Crippen LogP contribution in [0.1, 0.15) is 19.3 Å². The standard InChI is InChI=1S/C12H14FN3O/c13-10-8-14-7-6-11(10)16-12(17)15-9-4-2-1-3-5-9/h2,4,6-9H,1,3,5H2,(H2,14,15,16,17). The number of nitrogens with one attached hydrogen (secondary N) is 2. The number of carbonyl (C=O) groups excluding carboxylic acids is 1. The minimum absolute atomic E-state index is 0.0358. The molecule has 1 atom stereocenters. The van der Waals surface area contributed by atoms with Crippen LogP contribution in [0.25, 0.3) is 0 Å². The summed E-state index contributed by atoms with van der Waals surface area (Å²) in [6.45, 7) is 0. The number of pyridine rings is 1. The van der Waals surface area contributed by atoms with Crippen molar-refractivity contribution in [1.82, 2.24) is 10.3 Å². The van der Waals surface area contributed by atoms with Crippen LogP contribution < -0.4 is 10.6 Å². The zero-order valence-electron chi connectivity index (χ0n) is 9.32. The predicted octanol–water partition coefficient (Wildman–Crippen LogP) is 2.45. The summed E-state index contributed by atoms with van der Waals surface area (Å²) >= 11 is 0. The molecule has 1 unspecified atom stereocenters. The first-order chi connectivity index (χ1) is 8.25. The van der Waals surface area contributed by atoms with Gasteiger partial charge in [-0.1, -0.05) is 12.2 Å². The lowest BCUT2D eigenvalue weighted by Gasteiger charge is -2.18. The van der Waals surface area contributed by atoms with Crippen molar-refractivity contribution < 1.29 is 9.18 Å². The largest absolute Gasteiger partial charge is 0.332 e. The van der Waals surface area contributed by atoms with Crippen LogP contribution in [-0.2, 0) is 0 Å². The number of urea groups is 1. The molecule has 1 aliphatic rings. The number of anilines is 1. The molecule has 2 amide bonds. The second kappa shape index (κ2) is 5.43. The molecule has 0 fully saturated rings. The Labute approximate surface area is 98.9 Å². The molecule has 1 heterocycles. The van der Waals surface area contributed by atoms with E-state index >= 15 is 0 Å². The van der Waals surface area contributed by atoms with E-state index in [0.717, 1.165) is 25.5 Å². The van der Waals surface area contributed by atoms with Crippen molar-refractivity contribution in [2.45, 2.75) is 25.3 Å². The maximum Gasteiger partial charge on any atom is 0.319 e. The lowest BCUT2D eigenvalue weighted by molar-refractivity contribution is 0.249. The van der Waals surface area contributed by atoms with E-state index in [1.54, 1.807) is 0 Å². The smallest absolute Gasteiger partial charge is 0.319 e. The highest BCUT2D eigenvalue weighted by Gasteiger charge is 2.12. The molecular formula is C12H14FN3O. The van der Waals surface area contributed by atoms with E-state index in [0.29, 0.717) is 0 Å². The Morgan fingerprint density at radius 3 is 3.12 bits per heavy atom. The Balaban J connectivity index is 1.91. The Kier molecular flexibility index (Phi) is 3.69. The third-order valence-corrected chi connectivity index (χ3v) is 2.59. The monoisotopic (exact) mass is 235 g/mol. The van der Waals surface area contributed by atoms with Crippen LogP contribution in [0.3, 0.4) is 0 Å². The molecule has 1 aliphatic carbocycles. The molecule has 5 heteroatoms. The Morgan fingerprint density at radius 2 is 2.41 bits per heavy atom. The number of aromatic nitrogens is 1. The fourth-order valence-electron chi connectivity index (χ4n) is 1.74. The predicted molar refractivity (Wildman–Crippen MR) is 63.1 cm³/mol. The summed E-state index contributed by atoms with van der Waals surface area (Å²) < 4.78 is 13.2. The third-order valence-electron chi connectivity index (χ3n) is 2.59. The quantitative estimate of drug-likeness (QED) is 0.773. The molecule has 0 spiro atoms. The van der Waals surface area contributed by atoms with Gasteiger partial charge < -0.3 is 10.6 Å². The van der Waals surface area contributed by atoms with Crippen molar-refractivity contribution >= 4 is 11.7 Å². The van der Waals surface area contributed by atoms with Gasteiger partial charge in [-0.2, -0.15) is 0 Å². The van der Waals surface area contributed by atoms with Crippen LogP contribution in [0.2, 0.25) is 0 Å². The van der Waals surface area contributed by atoms with Crippen molar-refractivity contribution in [2.24, 2.45) is 0 Å². The minimum atomic E-state index is -0.540. The lowest BCUT2D eigenvalue weighted by atomic mass is 10.0. The Hall–Kier alpha value is -1.91. The minimum Gasteiger partial charge on any atom is -0.332 e. The van der Waals surface area contributed by atoms with E-state index in [4.69, 9.17) is 0 Å². The number of nitrogens with zero attached hydrogens (tertiary/aromatic N) is 1. The zero-order chi connectivity index (χ0) is 12.1. The third kappa shape index (κ3) is 3.27. The summed E-state index contributed by atoms with van der Waals surface area (Å²) in [7, 11) is 0. The van der Waals surface area contributed by atoms with Crippen molar-refractivity contribution in [3.8, 4) is 0 Å². The Bertz CT molecular complexity index is 434. The molecule has 4 nitrogen and oxygen atoms in total. The van der Waals surface area contributed by atoms with E-state index in [2.05, 4.69) is 15.6 Å². The van der Waals surface area contributed by atoms with Crippen molar-refractivity contribution in [1.29, 1.82) is 0 Å². The van der Waals surface area contributed by atoms with Crippen molar-refractivity contribution in [3.63, 3.8) is 0 Å². The number of hydrogen-bond donors (Lipinski definition) is 2. The summed E-state index contributed by atoms with van der Waals surface area (Å²) in [5.41, 5.74) is 0.136. The summed E-state index contributed by atoms with van der Waals surface area (Å²) in [6, 6.07) is 1.06. The number of hydrogen-bond acceptors (Lipinski definition) is 2. The molecule has 17 heavy (non-hydrogen) atoms. The molecule has 90 valence electrons. The van der Waals surface area contributed by atoms with Gasteiger partial charge in [0.1, 0.15) is 0 Å². The summed E-state index contributed by atoms with van der Waals surface area (Å²) in [5, 5.41) is 5.23. The Morgan fingerprint density at radius 1 is 1.53 bits per heavy atom. The second-order valence-corrected chi connectivity index (χ2v) is 3.92. The fraction of sp³-hybridized carbons (Fsp3) is 0.333. The van der Waals surface area contributed by atoms with E-state index in [1.165, 1.54) is 12.3 Å². The van der Waals surface area contributed by atoms with Gasteiger partial charge in [-0.05, 0) is 25.3 Å². The van der Waals surface area contributed by atoms with Crippen LogP contribution in [0, 0.1) is 5.82 Å². The summed E-state index contributed by atoms with van der Waals surface area (Å²) in [5.74, 6) is -0.540. The highest BCUT2D eigenvalue weighted by atomic mass is 19.1. The molecule has 2 N–H and O–H groups in total. The second-order valence-electron chi connectivity index (χ2n) is 3.92. The maximum absolute atomic E-state index is 13.2. The molecule has 0 aliphatic heterocycles. The number of allylic oxidation sites excluding steroid dienone is 1. The van der Waals surface area contributed by atoms with E-state index < -0.39 is 11.8 Å². The first-order valence-corrected chi connectivity index (χ1v) is 5.59. The molecule has 1 aromatic heterocycles. The summed E-state index contributed by atoms with van der Waals surface area (Å²) in [4.78, 5) is 15.2. The first-order valence-electron chi connectivity index (χ1n) is 5.59. The SMILES string of the molecule is O=C(Nc1ccncc1F)NC1C=CCCC1. The number of amides is 2. The van der Waals surface area contributed by atoms with Gasteiger partial charge in [0.15, 0.2) is 5.82 Å². The number of halogens is 1. The molecule has 0 bridgehead atoms. The lowest BCUT2D eigenvalue weighted by Crippen LogP contribution is -2.37. The molecule has 1 aromatic rings. The van der Waals surface area contributed by atoms with Crippen LogP contribution >= 0.6 is 0 Å². The van der Waals surface area contributed by atoms with Gasteiger partial charge in [0, 0.05) is 12.2 Å². The van der Waals surface area contributed by atoms with Gasteiger partial charge in [-0.3, -0.25) is 4.98 Å². The molecule has 0 saturated carbocycles. The van der Waals surface area contributed by atoms with Crippen LogP contribution in [-0.4, -0.2) is 17.1 Å². The number of carbonyl (C=O) groups is 1. The topological polar surface area (TPSA) is 54.0 Å². The van der Waals surface area contributed by atoms with E-state index in [9.17, 15) is 9.18 Å². The van der Waals surface area contributed by atoms with Gasteiger partial charge in [0.25, 0.3) is 0 Å². The first kappa shape index (κ1) is 11.6. The van der Waals surface area contributed by atoms with E-state index in [-0.39, 0.29) is 11.7 Å². The average Bonchev–Trinajstić information content (AvgIpc) is 2.33. The van der Waals surface area contributed by atoms with Crippen LogP contribution in [0.4, 0.5) is 14.9 Å².